The van der Waals surface area contributed by atoms with E-state index in [0.29, 0.717) is 6.61 Å². The van der Waals surface area contributed by atoms with Crippen LogP contribution in [0, 0.1) is 0 Å². The number of benzene rings is 1. The second-order valence-electron chi connectivity index (χ2n) is 5.17. The molecule has 1 aliphatic heterocycles. The molecule has 1 atom stereocenters. The van der Waals surface area contributed by atoms with Crippen molar-refractivity contribution in [2.75, 3.05) is 27.9 Å². The third-order valence-corrected chi connectivity index (χ3v) is 3.80. The van der Waals surface area contributed by atoms with Crippen LogP contribution >= 0.6 is 0 Å². The van der Waals surface area contributed by atoms with E-state index < -0.39 is 0 Å². The fourth-order valence-electron chi connectivity index (χ4n) is 2.87. The molecule has 4 heteroatoms. The van der Waals surface area contributed by atoms with Crippen LogP contribution in [-0.4, -0.2) is 27.9 Å². The molecule has 0 spiro atoms. The van der Waals surface area contributed by atoms with Crippen LogP contribution in [0.4, 0.5) is 0 Å². The highest BCUT2D eigenvalue weighted by atomic mass is 16.5. The average molecular weight is 265 g/mol. The fraction of sp³-hybridized carbons (Fsp3) is 0.600. The number of methoxy groups -OCH3 is 3. The largest absolute Gasteiger partial charge is 0.496 e. The van der Waals surface area contributed by atoms with Gasteiger partial charge in [0.05, 0.1) is 26.4 Å². The number of ether oxygens (including phenoxy) is 3. The topological polar surface area (TPSA) is 39.7 Å². The molecule has 0 bridgehead atoms. The zero-order valence-corrected chi connectivity index (χ0v) is 12.2. The van der Waals surface area contributed by atoms with Gasteiger partial charge < -0.3 is 19.5 Å². The molecule has 19 heavy (non-hydrogen) atoms. The fourth-order valence-corrected chi connectivity index (χ4v) is 2.87. The quantitative estimate of drug-likeness (QED) is 0.887. The van der Waals surface area contributed by atoms with Crippen LogP contribution in [0.2, 0.25) is 0 Å². The van der Waals surface area contributed by atoms with Crippen molar-refractivity contribution in [2.24, 2.45) is 0 Å². The first kappa shape index (κ1) is 14.2. The van der Waals surface area contributed by atoms with Crippen LogP contribution in [0.25, 0.3) is 0 Å². The molecule has 1 N–H and O–H groups in total. The SMILES string of the molecule is COCc1cc(OC)c(C2(C)CCCN2)c(OC)c1. The maximum Gasteiger partial charge on any atom is 0.127 e. The van der Waals surface area contributed by atoms with Gasteiger partial charge in [-0.2, -0.15) is 0 Å². The zero-order chi connectivity index (χ0) is 13.9. The molecule has 1 fully saturated rings. The average Bonchev–Trinajstić information content (AvgIpc) is 2.85. The summed E-state index contributed by atoms with van der Waals surface area (Å²) in [7, 11) is 5.09. The van der Waals surface area contributed by atoms with Crippen LogP contribution in [0.5, 0.6) is 11.5 Å². The summed E-state index contributed by atoms with van der Waals surface area (Å²) in [5.74, 6) is 1.73. The number of nitrogens with one attached hydrogen (secondary N) is 1. The summed E-state index contributed by atoms with van der Waals surface area (Å²) < 4.78 is 16.3. The molecular formula is C15H23NO3. The lowest BCUT2D eigenvalue weighted by Crippen LogP contribution is -2.34. The Morgan fingerprint density at radius 3 is 2.21 bits per heavy atom. The third-order valence-electron chi connectivity index (χ3n) is 3.80. The van der Waals surface area contributed by atoms with E-state index in [-0.39, 0.29) is 5.54 Å². The Bertz CT molecular complexity index is 414. The highest BCUT2D eigenvalue weighted by Crippen LogP contribution is 2.43. The second-order valence-corrected chi connectivity index (χ2v) is 5.17. The lowest BCUT2D eigenvalue weighted by atomic mass is 9.88. The zero-order valence-electron chi connectivity index (χ0n) is 12.2. The second kappa shape index (κ2) is 5.80. The lowest BCUT2D eigenvalue weighted by Gasteiger charge is -2.29. The molecule has 0 aliphatic carbocycles. The van der Waals surface area contributed by atoms with Crippen molar-refractivity contribution in [1.82, 2.24) is 5.32 Å². The van der Waals surface area contributed by atoms with E-state index in [2.05, 4.69) is 12.2 Å². The molecule has 1 unspecified atom stereocenters. The van der Waals surface area contributed by atoms with E-state index in [9.17, 15) is 0 Å². The summed E-state index contributed by atoms with van der Waals surface area (Å²) >= 11 is 0. The van der Waals surface area contributed by atoms with E-state index in [1.54, 1.807) is 21.3 Å². The van der Waals surface area contributed by atoms with Gasteiger partial charge in [-0.3, -0.25) is 0 Å². The van der Waals surface area contributed by atoms with Crippen molar-refractivity contribution >= 4 is 0 Å². The van der Waals surface area contributed by atoms with Crippen LogP contribution in [0.3, 0.4) is 0 Å². The molecule has 1 aliphatic rings. The maximum atomic E-state index is 5.58. The van der Waals surface area contributed by atoms with Gasteiger partial charge in [0, 0.05) is 12.6 Å². The van der Waals surface area contributed by atoms with Crippen LogP contribution in [-0.2, 0) is 16.9 Å². The molecule has 0 saturated carbocycles. The van der Waals surface area contributed by atoms with Crippen molar-refractivity contribution in [3.05, 3.63) is 23.3 Å². The summed E-state index contributed by atoms with van der Waals surface area (Å²) in [6.45, 7) is 3.79. The molecule has 0 aromatic heterocycles. The smallest absolute Gasteiger partial charge is 0.127 e. The molecule has 4 nitrogen and oxygen atoms in total. The summed E-state index contributed by atoms with van der Waals surface area (Å²) in [5.41, 5.74) is 2.08. The van der Waals surface area contributed by atoms with Crippen molar-refractivity contribution in [3.8, 4) is 11.5 Å². The first-order chi connectivity index (χ1) is 9.14. The normalized spacial score (nSPS) is 22.5. The van der Waals surface area contributed by atoms with Crippen molar-refractivity contribution < 1.29 is 14.2 Å². The first-order valence-electron chi connectivity index (χ1n) is 6.64. The summed E-state index contributed by atoms with van der Waals surface area (Å²) in [6.07, 6.45) is 2.26. The van der Waals surface area contributed by atoms with Gasteiger partial charge >= 0.3 is 0 Å². The van der Waals surface area contributed by atoms with Gasteiger partial charge in [0.25, 0.3) is 0 Å². The predicted molar refractivity (Wildman–Crippen MR) is 74.8 cm³/mol. The standard InChI is InChI=1S/C15H23NO3/c1-15(6-5-7-16-15)14-12(18-3)8-11(10-17-2)9-13(14)19-4/h8-9,16H,5-7,10H2,1-4H3. The van der Waals surface area contributed by atoms with E-state index in [1.807, 2.05) is 12.1 Å². The minimum Gasteiger partial charge on any atom is -0.496 e. The monoisotopic (exact) mass is 265 g/mol. The van der Waals surface area contributed by atoms with Crippen LogP contribution in [0.15, 0.2) is 12.1 Å². The Labute approximate surface area is 115 Å². The molecule has 1 saturated heterocycles. The van der Waals surface area contributed by atoms with E-state index >= 15 is 0 Å². The molecule has 1 aromatic rings. The Morgan fingerprint density at radius 1 is 1.16 bits per heavy atom. The molecular weight excluding hydrogens is 242 g/mol. The Balaban J connectivity index is 2.51. The van der Waals surface area contributed by atoms with Crippen LogP contribution < -0.4 is 14.8 Å². The summed E-state index contributed by atoms with van der Waals surface area (Å²) in [4.78, 5) is 0. The van der Waals surface area contributed by atoms with Crippen molar-refractivity contribution in [2.45, 2.75) is 31.9 Å². The molecule has 0 radical (unpaired) electrons. The van der Waals surface area contributed by atoms with Gasteiger partial charge in [-0.25, -0.2) is 0 Å². The summed E-state index contributed by atoms with van der Waals surface area (Å²) in [5, 5.41) is 3.56. The number of hydrogen-bond acceptors (Lipinski definition) is 4. The Morgan fingerprint density at radius 2 is 1.79 bits per heavy atom. The van der Waals surface area contributed by atoms with Crippen molar-refractivity contribution in [1.29, 1.82) is 0 Å². The van der Waals surface area contributed by atoms with Gasteiger partial charge in [0.15, 0.2) is 0 Å². The van der Waals surface area contributed by atoms with E-state index in [0.717, 1.165) is 35.6 Å². The van der Waals surface area contributed by atoms with E-state index in [4.69, 9.17) is 14.2 Å². The van der Waals surface area contributed by atoms with Gasteiger partial charge in [-0.15, -0.1) is 0 Å². The van der Waals surface area contributed by atoms with Crippen LogP contribution in [0.1, 0.15) is 30.9 Å². The number of rotatable bonds is 5. The molecule has 2 rings (SSSR count). The lowest BCUT2D eigenvalue weighted by molar-refractivity contribution is 0.184. The highest BCUT2D eigenvalue weighted by Gasteiger charge is 2.35. The highest BCUT2D eigenvalue weighted by molar-refractivity contribution is 5.52. The Kier molecular flexibility index (Phi) is 4.32. The Hall–Kier alpha value is -1.26. The molecule has 1 aromatic carbocycles. The van der Waals surface area contributed by atoms with Crippen molar-refractivity contribution in [3.63, 3.8) is 0 Å². The van der Waals surface area contributed by atoms with Gasteiger partial charge in [0.2, 0.25) is 0 Å². The van der Waals surface area contributed by atoms with E-state index in [1.165, 1.54) is 6.42 Å². The number of hydrogen-bond donors (Lipinski definition) is 1. The molecule has 1 heterocycles. The minimum atomic E-state index is -0.0811. The maximum absolute atomic E-state index is 5.58. The van der Waals surface area contributed by atoms with Gasteiger partial charge in [0.1, 0.15) is 11.5 Å². The van der Waals surface area contributed by atoms with Gasteiger partial charge in [-0.05, 0) is 44.0 Å². The minimum absolute atomic E-state index is 0.0811. The molecule has 106 valence electrons. The predicted octanol–water partition coefficient (Wildman–Crippen LogP) is 2.45. The first-order valence-corrected chi connectivity index (χ1v) is 6.64. The van der Waals surface area contributed by atoms with Gasteiger partial charge in [-0.1, -0.05) is 0 Å². The third kappa shape index (κ3) is 2.69. The summed E-state index contributed by atoms with van der Waals surface area (Å²) in [6, 6.07) is 4.07. The molecule has 0 amide bonds.